The van der Waals surface area contributed by atoms with Crippen LogP contribution in [0.2, 0.25) is 0 Å². The van der Waals surface area contributed by atoms with Crippen LogP contribution in [0.3, 0.4) is 0 Å². The molecule has 1 heterocycles. The number of carboxylic acids is 1. The zero-order valence-electron chi connectivity index (χ0n) is 13.6. The molecule has 0 aliphatic rings. The van der Waals surface area contributed by atoms with Crippen LogP contribution in [0.4, 0.5) is 0 Å². The third-order valence-electron chi connectivity index (χ3n) is 3.27. The standard InChI is InChI=1S/C16H19N3O5/c1-11-17-14(18-24-11)10-23-13-7-4-3-6-12(13)16(22)19(2)9-5-8-15(20)21/h3-4,6-7H,5,8-10H2,1-2H3,(H,20,21). The molecule has 0 saturated carbocycles. The van der Waals surface area contributed by atoms with Gasteiger partial charge >= 0.3 is 5.97 Å². The SMILES string of the molecule is Cc1nc(COc2ccccc2C(=O)N(C)CCCC(=O)O)no1. The topological polar surface area (TPSA) is 106 Å². The predicted octanol–water partition coefficient (Wildman–Crippen LogP) is 1.89. The van der Waals surface area contributed by atoms with Crippen molar-refractivity contribution in [3.05, 3.63) is 41.5 Å². The number of aryl methyl sites for hydroxylation is 1. The van der Waals surface area contributed by atoms with Gasteiger partial charge in [0.2, 0.25) is 11.7 Å². The molecule has 1 N–H and O–H groups in total. The third kappa shape index (κ3) is 4.80. The first-order valence-corrected chi connectivity index (χ1v) is 7.45. The summed E-state index contributed by atoms with van der Waals surface area (Å²) in [4.78, 5) is 28.6. The van der Waals surface area contributed by atoms with E-state index in [1.165, 1.54) is 4.90 Å². The quantitative estimate of drug-likeness (QED) is 0.786. The fourth-order valence-corrected chi connectivity index (χ4v) is 2.09. The van der Waals surface area contributed by atoms with E-state index in [2.05, 4.69) is 10.1 Å². The van der Waals surface area contributed by atoms with Crippen LogP contribution >= 0.6 is 0 Å². The molecule has 24 heavy (non-hydrogen) atoms. The van der Waals surface area contributed by atoms with Gasteiger partial charge in [0.15, 0.2) is 6.61 Å². The van der Waals surface area contributed by atoms with Gasteiger partial charge in [0, 0.05) is 26.9 Å². The van der Waals surface area contributed by atoms with Crippen LogP contribution in [0.15, 0.2) is 28.8 Å². The highest BCUT2D eigenvalue weighted by molar-refractivity contribution is 5.96. The van der Waals surface area contributed by atoms with Crippen molar-refractivity contribution in [2.24, 2.45) is 0 Å². The Hall–Kier alpha value is -2.90. The Labute approximate surface area is 139 Å². The smallest absolute Gasteiger partial charge is 0.303 e. The lowest BCUT2D eigenvalue weighted by Crippen LogP contribution is -2.28. The van der Waals surface area contributed by atoms with Crippen LogP contribution in [0.25, 0.3) is 0 Å². The van der Waals surface area contributed by atoms with Crippen LogP contribution in [0.1, 0.15) is 34.9 Å². The monoisotopic (exact) mass is 333 g/mol. The van der Waals surface area contributed by atoms with Crippen molar-refractivity contribution in [2.75, 3.05) is 13.6 Å². The summed E-state index contributed by atoms with van der Waals surface area (Å²) >= 11 is 0. The minimum Gasteiger partial charge on any atom is -0.485 e. The molecule has 8 heteroatoms. The number of para-hydroxylation sites is 1. The summed E-state index contributed by atoms with van der Waals surface area (Å²) in [5.74, 6) is 0.131. The molecule has 0 spiro atoms. The minimum absolute atomic E-state index is 0.0208. The molecule has 0 aliphatic carbocycles. The van der Waals surface area contributed by atoms with E-state index in [-0.39, 0.29) is 18.9 Å². The van der Waals surface area contributed by atoms with Crippen molar-refractivity contribution in [3.8, 4) is 5.75 Å². The van der Waals surface area contributed by atoms with Gasteiger partial charge in [-0.1, -0.05) is 17.3 Å². The maximum Gasteiger partial charge on any atom is 0.303 e. The highest BCUT2D eigenvalue weighted by atomic mass is 16.5. The van der Waals surface area contributed by atoms with Gasteiger partial charge in [-0.25, -0.2) is 0 Å². The van der Waals surface area contributed by atoms with Crippen molar-refractivity contribution in [2.45, 2.75) is 26.4 Å². The fourth-order valence-electron chi connectivity index (χ4n) is 2.09. The highest BCUT2D eigenvalue weighted by Gasteiger charge is 2.17. The lowest BCUT2D eigenvalue weighted by molar-refractivity contribution is -0.137. The van der Waals surface area contributed by atoms with E-state index in [0.29, 0.717) is 36.0 Å². The number of hydrogen-bond donors (Lipinski definition) is 1. The summed E-state index contributed by atoms with van der Waals surface area (Å²) < 4.78 is 10.5. The molecular formula is C16H19N3O5. The molecule has 0 bridgehead atoms. The number of aromatic nitrogens is 2. The number of benzene rings is 1. The third-order valence-corrected chi connectivity index (χ3v) is 3.27. The first-order valence-electron chi connectivity index (χ1n) is 7.45. The van der Waals surface area contributed by atoms with Crippen molar-refractivity contribution < 1.29 is 24.0 Å². The van der Waals surface area contributed by atoms with E-state index in [4.69, 9.17) is 14.4 Å². The van der Waals surface area contributed by atoms with Crippen LogP contribution < -0.4 is 4.74 Å². The fraction of sp³-hybridized carbons (Fsp3) is 0.375. The molecule has 0 aliphatic heterocycles. The van der Waals surface area contributed by atoms with E-state index in [1.54, 1.807) is 38.2 Å². The Kier molecular flexibility index (Phi) is 5.89. The molecule has 8 nitrogen and oxygen atoms in total. The zero-order chi connectivity index (χ0) is 17.5. The zero-order valence-corrected chi connectivity index (χ0v) is 13.6. The van der Waals surface area contributed by atoms with Gasteiger partial charge in [-0.05, 0) is 18.6 Å². The average molecular weight is 333 g/mol. The summed E-state index contributed by atoms with van der Waals surface area (Å²) in [6.45, 7) is 2.12. The Morgan fingerprint density at radius 1 is 1.33 bits per heavy atom. The minimum atomic E-state index is -0.880. The van der Waals surface area contributed by atoms with Crippen LogP contribution in [-0.4, -0.2) is 45.6 Å². The van der Waals surface area contributed by atoms with Crippen molar-refractivity contribution >= 4 is 11.9 Å². The average Bonchev–Trinajstić information content (AvgIpc) is 2.97. The lowest BCUT2D eigenvalue weighted by Gasteiger charge is -2.18. The van der Waals surface area contributed by atoms with Gasteiger partial charge in [-0.2, -0.15) is 4.98 Å². The van der Waals surface area contributed by atoms with Gasteiger partial charge in [-0.3, -0.25) is 9.59 Å². The van der Waals surface area contributed by atoms with E-state index < -0.39 is 5.97 Å². The molecule has 0 atom stereocenters. The highest BCUT2D eigenvalue weighted by Crippen LogP contribution is 2.20. The normalized spacial score (nSPS) is 10.4. The lowest BCUT2D eigenvalue weighted by atomic mass is 10.1. The summed E-state index contributed by atoms with van der Waals surface area (Å²) in [6.07, 6.45) is 0.412. The number of carbonyl (C=O) groups is 2. The van der Waals surface area contributed by atoms with Crippen LogP contribution in [0.5, 0.6) is 5.75 Å². The van der Waals surface area contributed by atoms with Gasteiger partial charge in [0.05, 0.1) is 5.56 Å². The molecule has 128 valence electrons. The molecular weight excluding hydrogens is 314 g/mol. The summed E-state index contributed by atoms with van der Waals surface area (Å²) in [5, 5.41) is 12.4. The summed E-state index contributed by atoms with van der Waals surface area (Å²) in [6, 6.07) is 6.85. The summed E-state index contributed by atoms with van der Waals surface area (Å²) in [7, 11) is 1.63. The predicted molar refractivity (Wildman–Crippen MR) is 83.6 cm³/mol. The second-order valence-electron chi connectivity index (χ2n) is 5.24. The first-order chi connectivity index (χ1) is 11.5. The Bertz CT molecular complexity index is 713. The number of carboxylic acid groups (broad SMARTS) is 1. The maximum absolute atomic E-state index is 12.5. The number of nitrogens with zero attached hydrogens (tertiary/aromatic N) is 3. The van der Waals surface area contributed by atoms with Crippen LogP contribution in [-0.2, 0) is 11.4 Å². The second kappa shape index (κ2) is 8.09. The molecule has 2 aromatic rings. The number of rotatable bonds is 8. The molecule has 0 fully saturated rings. The number of aliphatic carboxylic acids is 1. The summed E-state index contributed by atoms with van der Waals surface area (Å²) in [5.41, 5.74) is 0.399. The van der Waals surface area contributed by atoms with Crippen molar-refractivity contribution in [3.63, 3.8) is 0 Å². The Morgan fingerprint density at radius 2 is 2.08 bits per heavy atom. The van der Waals surface area contributed by atoms with Gasteiger partial charge in [0.1, 0.15) is 5.75 Å². The number of carbonyl (C=O) groups excluding carboxylic acids is 1. The van der Waals surface area contributed by atoms with Crippen molar-refractivity contribution in [1.29, 1.82) is 0 Å². The Morgan fingerprint density at radius 3 is 2.75 bits per heavy atom. The molecule has 0 radical (unpaired) electrons. The second-order valence-corrected chi connectivity index (χ2v) is 5.24. The maximum atomic E-state index is 12.5. The molecule has 1 amide bonds. The molecule has 2 rings (SSSR count). The molecule has 0 saturated heterocycles. The molecule has 1 aromatic heterocycles. The van der Waals surface area contributed by atoms with Gasteiger partial charge < -0.3 is 19.3 Å². The Balaban J connectivity index is 2.01. The van der Waals surface area contributed by atoms with Crippen LogP contribution in [0, 0.1) is 6.92 Å². The van der Waals surface area contributed by atoms with Crippen molar-refractivity contribution in [1.82, 2.24) is 15.0 Å². The number of ether oxygens (including phenoxy) is 1. The van der Waals surface area contributed by atoms with E-state index in [9.17, 15) is 9.59 Å². The molecule has 1 aromatic carbocycles. The van der Waals surface area contributed by atoms with E-state index in [0.717, 1.165) is 0 Å². The van der Waals surface area contributed by atoms with Gasteiger partial charge in [0.25, 0.3) is 5.91 Å². The largest absolute Gasteiger partial charge is 0.485 e. The first kappa shape index (κ1) is 17.5. The molecule has 0 unspecified atom stereocenters. The van der Waals surface area contributed by atoms with E-state index in [1.807, 2.05) is 0 Å². The number of hydrogen-bond acceptors (Lipinski definition) is 6. The van der Waals surface area contributed by atoms with Gasteiger partial charge in [-0.15, -0.1) is 0 Å². The van der Waals surface area contributed by atoms with E-state index >= 15 is 0 Å². The number of amides is 1.